The van der Waals surface area contributed by atoms with Crippen molar-refractivity contribution in [3.05, 3.63) is 57.0 Å². The fraction of sp³-hybridized carbons (Fsp3) is 0. The number of hydrogen-bond acceptors (Lipinski definition) is 5. The van der Waals surface area contributed by atoms with Gasteiger partial charge in [0.2, 0.25) is 0 Å². The predicted molar refractivity (Wildman–Crippen MR) is 105 cm³/mol. The molecule has 26 heavy (non-hydrogen) atoms. The van der Waals surface area contributed by atoms with E-state index in [1.807, 2.05) is 0 Å². The molecular formula is C17H10BrClN2O4S. The van der Waals surface area contributed by atoms with Crippen molar-refractivity contribution >= 4 is 68.4 Å². The van der Waals surface area contributed by atoms with Crippen molar-refractivity contribution in [3.63, 3.8) is 0 Å². The number of nitrogens with one attached hydrogen (secondary N) is 1. The van der Waals surface area contributed by atoms with E-state index in [1.54, 1.807) is 24.3 Å². The van der Waals surface area contributed by atoms with E-state index in [2.05, 4.69) is 21.2 Å². The summed E-state index contributed by atoms with van der Waals surface area (Å²) in [5.74, 6) is -1.79. The lowest BCUT2D eigenvalue weighted by Crippen LogP contribution is -2.54. The quantitative estimate of drug-likeness (QED) is 0.369. The molecule has 0 aromatic heterocycles. The first kappa shape index (κ1) is 18.4. The molecule has 0 radical (unpaired) electrons. The van der Waals surface area contributed by atoms with E-state index in [0.717, 1.165) is 11.0 Å². The minimum Gasteiger partial charge on any atom is -0.507 e. The third-order valence-corrected chi connectivity index (χ3v) is 4.75. The second-order valence-corrected chi connectivity index (χ2v) is 6.97. The zero-order valence-electron chi connectivity index (χ0n) is 12.9. The Balaban J connectivity index is 2.05. The summed E-state index contributed by atoms with van der Waals surface area (Å²) in [7, 11) is 0. The van der Waals surface area contributed by atoms with Crippen LogP contribution < -0.4 is 10.2 Å². The minimum atomic E-state index is -0.686. The molecule has 0 unspecified atom stereocenters. The number of phenolic OH excluding ortho intramolecular Hbond substituents is 2. The van der Waals surface area contributed by atoms with Gasteiger partial charge in [-0.3, -0.25) is 19.8 Å². The average molecular weight is 454 g/mol. The molecule has 2 amide bonds. The zero-order valence-corrected chi connectivity index (χ0v) is 16.0. The van der Waals surface area contributed by atoms with Crippen LogP contribution in [0.1, 0.15) is 5.56 Å². The maximum atomic E-state index is 12.8. The molecule has 132 valence electrons. The Morgan fingerprint density at radius 1 is 1.12 bits per heavy atom. The van der Waals surface area contributed by atoms with E-state index in [-0.39, 0.29) is 27.7 Å². The predicted octanol–water partition coefficient (Wildman–Crippen LogP) is 3.35. The highest BCUT2D eigenvalue weighted by atomic mass is 79.9. The lowest BCUT2D eigenvalue weighted by molar-refractivity contribution is -0.122. The van der Waals surface area contributed by atoms with Gasteiger partial charge in [0.25, 0.3) is 11.8 Å². The van der Waals surface area contributed by atoms with Crippen molar-refractivity contribution in [1.82, 2.24) is 5.32 Å². The first-order chi connectivity index (χ1) is 12.3. The second-order valence-electron chi connectivity index (χ2n) is 5.30. The average Bonchev–Trinajstić information content (AvgIpc) is 2.57. The molecule has 0 atom stereocenters. The standard InChI is InChI=1S/C17H10BrClN2O4S/c18-12-6-8(13(22)7-14(12)23)5-11-15(24)20-17(26)21(16(11)25)10-3-1-9(19)2-4-10/h1-7,22-23H,(H,20,24,26). The molecule has 2 aromatic carbocycles. The summed E-state index contributed by atoms with van der Waals surface area (Å²) < 4.78 is 0.302. The molecule has 0 saturated carbocycles. The van der Waals surface area contributed by atoms with Crippen LogP contribution in [0.2, 0.25) is 5.02 Å². The largest absolute Gasteiger partial charge is 0.507 e. The summed E-state index contributed by atoms with van der Waals surface area (Å²) in [6.45, 7) is 0. The number of carbonyl (C=O) groups excluding carboxylic acids is 2. The van der Waals surface area contributed by atoms with Crippen molar-refractivity contribution < 1.29 is 19.8 Å². The molecule has 3 N–H and O–H groups in total. The Morgan fingerprint density at radius 2 is 1.77 bits per heavy atom. The smallest absolute Gasteiger partial charge is 0.270 e. The number of nitrogens with zero attached hydrogens (tertiary/aromatic N) is 1. The minimum absolute atomic E-state index is 0.0596. The number of amides is 2. The molecule has 9 heteroatoms. The lowest BCUT2D eigenvalue weighted by atomic mass is 10.1. The van der Waals surface area contributed by atoms with E-state index in [4.69, 9.17) is 23.8 Å². The van der Waals surface area contributed by atoms with Crippen molar-refractivity contribution in [2.45, 2.75) is 0 Å². The summed E-state index contributed by atoms with van der Waals surface area (Å²) in [4.78, 5) is 26.2. The number of hydrogen-bond donors (Lipinski definition) is 3. The highest BCUT2D eigenvalue weighted by Crippen LogP contribution is 2.33. The summed E-state index contributed by atoms with van der Waals surface area (Å²) in [6.07, 6.45) is 1.22. The molecule has 1 fully saturated rings. The molecule has 2 aromatic rings. The maximum Gasteiger partial charge on any atom is 0.270 e. The SMILES string of the molecule is O=C1NC(=S)N(c2ccc(Cl)cc2)C(=O)C1=Cc1cc(Br)c(O)cc1O. The van der Waals surface area contributed by atoms with Crippen molar-refractivity contribution in [1.29, 1.82) is 0 Å². The van der Waals surface area contributed by atoms with E-state index in [9.17, 15) is 19.8 Å². The van der Waals surface area contributed by atoms with Gasteiger partial charge in [-0.15, -0.1) is 0 Å². The van der Waals surface area contributed by atoms with Gasteiger partial charge in [0, 0.05) is 16.7 Å². The first-order valence-corrected chi connectivity index (χ1v) is 8.74. The van der Waals surface area contributed by atoms with E-state index in [0.29, 0.717) is 15.2 Å². The van der Waals surface area contributed by atoms with Crippen LogP contribution in [0.25, 0.3) is 6.08 Å². The van der Waals surface area contributed by atoms with Crippen LogP contribution in [-0.4, -0.2) is 27.1 Å². The topological polar surface area (TPSA) is 89.9 Å². The molecule has 0 aliphatic carbocycles. The highest BCUT2D eigenvalue weighted by Gasteiger charge is 2.34. The molecule has 0 spiro atoms. The Kier molecular flexibility index (Phi) is 4.99. The summed E-state index contributed by atoms with van der Waals surface area (Å²) in [5, 5.41) is 22.4. The van der Waals surface area contributed by atoms with Crippen LogP contribution in [0.3, 0.4) is 0 Å². The number of phenols is 2. The summed E-state index contributed by atoms with van der Waals surface area (Å²) in [5.41, 5.74) is 0.393. The normalized spacial score (nSPS) is 16.2. The molecule has 0 bridgehead atoms. The third-order valence-electron chi connectivity index (χ3n) is 3.58. The van der Waals surface area contributed by atoms with Gasteiger partial charge in [-0.05, 0) is 64.6 Å². The Bertz CT molecular complexity index is 975. The third kappa shape index (κ3) is 3.44. The van der Waals surface area contributed by atoms with E-state index in [1.165, 1.54) is 12.1 Å². The van der Waals surface area contributed by atoms with Crippen LogP contribution in [0.15, 0.2) is 46.4 Å². The van der Waals surface area contributed by atoms with Gasteiger partial charge in [-0.1, -0.05) is 11.6 Å². The Hall–Kier alpha value is -2.42. The Labute approximate surface area is 166 Å². The number of benzene rings is 2. The summed E-state index contributed by atoms with van der Waals surface area (Å²) >= 11 is 14.1. The van der Waals surface area contributed by atoms with Crippen LogP contribution in [0.5, 0.6) is 11.5 Å². The fourth-order valence-electron chi connectivity index (χ4n) is 2.32. The van der Waals surface area contributed by atoms with Gasteiger partial charge in [0.05, 0.1) is 10.2 Å². The van der Waals surface area contributed by atoms with E-state index < -0.39 is 11.8 Å². The number of thiocarbonyl (C=S) groups is 1. The fourth-order valence-corrected chi connectivity index (χ4v) is 3.09. The van der Waals surface area contributed by atoms with Crippen LogP contribution in [0, 0.1) is 0 Å². The van der Waals surface area contributed by atoms with Crippen molar-refractivity contribution in [2.75, 3.05) is 4.90 Å². The summed E-state index contributed by atoms with van der Waals surface area (Å²) in [6, 6.07) is 8.86. The van der Waals surface area contributed by atoms with Crippen LogP contribution in [0.4, 0.5) is 5.69 Å². The molecule has 1 heterocycles. The number of halogens is 2. The van der Waals surface area contributed by atoms with Crippen LogP contribution in [-0.2, 0) is 9.59 Å². The molecular weight excluding hydrogens is 444 g/mol. The monoisotopic (exact) mass is 452 g/mol. The maximum absolute atomic E-state index is 12.8. The highest BCUT2D eigenvalue weighted by molar-refractivity contribution is 9.10. The molecule has 1 aliphatic rings. The van der Waals surface area contributed by atoms with Crippen LogP contribution >= 0.6 is 39.7 Å². The first-order valence-electron chi connectivity index (χ1n) is 7.16. The second kappa shape index (κ2) is 7.06. The number of anilines is 1. The van der Waals surface area contributed by atoms with E-state index >= 15 is 0 Å². The zero-order chi connectivity index (χ0) is 19.0. The number of rotatable bonds is 2. The van der Waals surface area contributed by atoms with Gasteiger partial charge < -0.3 is 10.2 Å². The molecule has 3 rings (SSSR count). The number of aromatic hydroxyl groups is 2. The van der Waals surface area contributed by atoms with Gasteiger partial charge in [0.15, 0.2) is 5.11 Å². The molecule has 1 aliphatic heterocycles. The van der Waals surface area contributed by atoms with Gasteiger partial charge in [-0.25, -0.2) is 0 Å². The lowest BCUT2D eigenvalue weighted by Gasteiger charge is -2.29. The van der Waals surface area contributed by atoms with Crippen molar-refractivity contribution in [2.24, 2.45) is 0 Å². The van der Waals surface area contributed by atoms with Crippen molar-refractivity contribution in [3.8, 4) is 11.5 Å². The van der Waals surface area contributed by atoms with Gasteiger partial charge in [0.1, 0.15) is 17.1 Å². The van der Waals surface area contributed by atoms with Gasteiger partial charge >= 0.3 is 0 Å². The Morgan fingerprint density at radius 3 is 2.42 bits per heavy atom. The number of carbonyl (C=O) groups is 2. The van der Waals surface area contributed by atoms with Gasteiger partial charge in [-0.2, -0.15) is 0 Å². The molecule has 6 nitrogen and oxygen atoms in total. The molecule has 1 saturated heterocycles.